The van der Waals surface area contributed by atoms with Gasteiger partial charge in [-0.1, -0.05) is 12.1 Å². The summed E-state index contributed by atoms with van der Waals surface area (Å²) < 4.78 is 16.4. The van der Waals surface area contributed by atoms with Gasteiger partial charge in [-0.15, -0.1) is 0 Å². The van der Waals surface area contributed by atoms with Crippen molar-refractivity contribution in [3.05, 3.63) is 29.8 Å². The molecule has 1 aliphatic rings. The first-order chi connectivity index (χ1) is 21.5. The summed E-state index contributed by atoms with van der Waals surface area (Å²) >= 11 is 0. The summed E-state index contributed by atoms with van der Waals surface area (Å²) in [6.45, 7) is 7.12. The van der Waals surface area contributed by atoms with Crippen LogP contribution >= 0.6 is 0 Å². The molecule has 1 aromatic rings. The fraction of sp³-hybridized carbons (Fsp3) is 0.667. The Balaban J connectivity index is 0.0000106. The first kappa shape index (κ1) is 42.0. The molecule has 0 spiro atoms. The maximum Gasteiger partial charge on any atom is 0.321 e. The molecule has 0 bridgehead atoms. The largest absolute Gasteiger partial charge is 0.491 e. The van der Waals surface area contributed by atoms with E-state index >= 15 is 0 Å². The zero-order chi connectivity index (χ0) is 33.2. The third-order valence-corrected chi connectivity index (χ3v) is 7.59. The molecule has 1 saturated heterocycles. The van der Waals surface area contributed by atoms with Crippen LogP contribution in [-0.2, 0) is 35.1 Å². The molecule has 0 aliphatic carbocycles. The summed E-state index contributed by atoms with van der Waals surface area (Å²) in [6.07, 6.45) is 0.165. The van der Waals surface area contributed by atoms with Gasteiger partial charge in [0.1, 0.15) is 24.4 Å². The maximum atomic E-state index is 12.5. The van der Waals surface area contributed by atoms with Gasteiger partial charge in [-0.2, -0.15) is 0 Å². The minimum Gasteiger partial charge on any atom is -0.491 e. The molecule has 2 atom stereocenters. The van der Waals surface area contributed by atoms with Crippen molar-refractivity contribution < 1.29 is 93.8 Å². The van der Waals surface area contributed by atoms with E-state index in [1.807, 2.05) is 6.92 Å². The van der Waals surface area contributed by atoms with Gasteiger partial charge in [0.2, 0.25) is 0 Å². The van der Waals surface area contributed by atoms with E-state index in [0.29, 0.717) is 38.8 Å². The Morgan fingerprint density at radius 3 is 1.63 bits per heavy atom. The molecule has 2 unspecified atom stereocenters. The second-order valence-electron chi connectivity index (χ2n) is 10.8. The second kappa shape index (κ2) is 23.3. The van der Waals surface area contributed by atoms with Crippen LogP contribution < -0.4 is 4.74 Å². The molecular weight excluding hydrogens is 750 g/mol. The van der Waals surface area contributed by atoms with Crippen molar-refractivity contribution in [3.63, 3.8) is 0 Å². The molecule has 1 aromatic carbocycles. The molecule has 0 saturated carbocycles. The Bertz CT molecular complexity index is 1030. The fourth-order valence-corrected chi connectivity index (χ4v) is 4.98. The Hall–Kier alpha value is -2.02. The fourth-order valence-electron chi connectivity index (χ4n) is 4.98. The summed E-state index contributed by atoms with van der Waals surface area (Å²) in [6, 6.07) is 5.30. The van der Waals surface area contributed by atoms with E-state index in [2.05, 4.69) is 0 Å². The molecule has 0 aromatic heterocycles. The zero-order valence-corrected chi connectivity index (χ0v) is 28.8. The molecule has 0 radical (unpaired) electrons. The number of rotatable bonds is 18. The van der Waals surface area contributed by atoms with E-state index < -0.39 is 36.0 Å². The summed E-state index contributed by atoms with van der Waals surface area (Å²) in [5.41, 5.74) is 0.761. The van der Waals surface area contributed by atoms with Crippen molar-refractivity contribution in [2.24, 2.45) is 0 Å². The Morgan fingerprint density at radius 1 is 0.696 bits per heavy atom. The number of carbonyl (C=O) groups is 4. The Morgan fingerprint density at radius 2 is 1.17 bits per heavy atom. The SMILES string of the molecule is CCOCCOCCOc1ccc(CC(C(=O)O)N2CCN(CC(=O)O)CCN(C(C)C(=O)O)CCN(CC(=O)O)CC2)cc1.[Gd]. The van der Waals surface area contributed by atoms with Crippen molar-refractivity contribution in [1.82, 2.24) is 19.6 Å². The van der Waals surface area contributed by atoms with Crippen LogP contribution in [0.2, 0.25) is 0 Å². The minimum absolute atomic E-state index is 0. The molecule has 2 rings (SSSR count). The van der Waals surface area contributed by atoms with E-state index in [4.69, 9.17) is 14.2 Å². The molecule has 46 heavy (non-hydrogen) atoms. The number of nitrogens with zero attached hydrogens (tertiary/aromatic N) is 4. The number of carboxylic acids is 4. The molecular formula is C30H48GdN4O11. The quantitative estimate of drug-likeness (QED) is 0.145. The first-order valence-corrected chi connectivity index (χ1v) is 15.2. The van der Waals surface area contributed by atoms with Crippen molar-refractivity contribution in [2.45, 2.75) is 32.4 Å². The molecule has 1 fully saturated rings. The molecule has 1 aliphatic heterocycles. The van der Waals surface area contributed by atoms with Crippen molar-refractivity contribution in [1.29, 1.82) is 0 Å². The van der Waals surface area contributed by atoms with Crippen LogP contribution in [0.15, 0.2) is 24.3 Å². The van der Waals surface area contributed by atoms with Gasteiger partial charge >= 0.3 is 23.9 Å². The molecule has 4 N–H and O–H groups in total. The third kappa shape index (κ3) is 16.7. The number of benzene rings is 1. The summed E-state index contributed by atoms with van der Waals surface area (Å²) in [5.74, 6) is -3.57. The van der Waals surface area contributed by atoms with Gasteiger partial charge in [-0.05, 0) is 38.0 Å². The van der Waals surface area contributed by atoms with Gasteiger partial charge in [-0.3, -0.25) is 38.8 Å². The van der Waals surface area contributed by atoms with Crippen LogP contribution in [0.1, 0.15) is 19.4 Å². The predicted octanol–water partition coefficient (Wildman–Crippen LogP) is -0.0219. The predicted molar refractivity (Wildman–Crippen MR) is 163 cm³/mol. The Labute approximate surface area is 302 Å². The zero-order valence-electron chi connectivity index (χ0n) is 26.6. The van der Waals surface area contributed by atoms with E-state index in [0.717, 1.165) is 5.56 Å². The summed E-state index contributed by atoms with van der Waals surface area (Å²) in [5, 5.41) is 38.8. The average molecular weight is 798 g/mol. The maximum absolute atomic E-state index is 12.5. The third-order valence-electron chi connectivity index (χ3n) is 7.59. The van der Waals surface area contributed by atoms with Crippen LogP contribution in [0, 0.1) is 39.9 Å². The number of carboxylic acid groups (broad SMARTS) is 4. The Kier molecular flexibility index (Phi) is 21.3. The van der Waals surface area contributed by atoms with Crippen LogP contribution in [0.25, 0.3) is 0 Å². The molecule has 16 heteroatoms. The van der Waals surface area contributed by atoms with Crippen molar-refractivity contribution >= 4 is 23.9 Å². The standard InChI is InChI=1S/C30H48N4O11.Gd/c1-3-43-16-17-44-18-19-45-25-6-4-24(5-7-25)20-26(30(41)42)34-14-10-31(21-27(35)36)8-12-33(23(2)29(39)40)13-9-32(11-15-34)22-28(37)38;/h4-7,23,26H,3,8-22H2,1-2H3,(H,35,36)(H,37,38)(H,39,40)(H,41,42);. The van der Waals surface area contributed by atoms with Crippen LogP contribution in [-0.4, -0.2) is 174 Å². The van der Waals surface area contributed by atoms with E-state index in [-0.39, 0.29) is 112 Å². The van der Waals surface area contributed by atoms with Gasteiger partial charge in [0.15, 0.2) is 0 Å². The molecule has 0 amide bonds. The summed E-state index contributed by atoms with van der Waals surface area (Å²) in [7, 11) is 0. The van der Waals surface area contributed by atoms with E-state index in [9.17, 15) is 39.6 Å². The number of hydrogen-bond donors (Lipinski definition) is 4. The van der Waals surface area contributed by atoms with Crippen LogP contribution in [0.5, 0.6) is 5.75 Å². The van der Waals surface area contributed by atoms with Crippen molar-refractivity contribution in [3.8, 4) is 5.75 Å². The van der Waals surface area contributed by atoms with Crippen LogP contribution in [0.3, 0.4) is 0 Å². The number of ether oxygens (including phenoxy) is 3. The first-order valence-electron chi connectivity index (χ1n) is 15.2. The van der Waals surface area contributed by atoms with Crippen LogP contribution in [0.4, 0.5) is 0 Å². The minimum atomic E-state index is -1.05. The smallest absolute Gasteiger partial charge is 0.321 e. The monoisotopic (exact) mass is 798 g/mol. The normalized spacial score (nSPS) is 17.5. The van der Waals surface area contributed by atoms with E-state index in [1.165, 1.54) is 6.92 Å². The van der Waals surface area contributed by atoms with Gasteiger partial charge in [0, 0.05) is 98.9 Å². The van der Waals surface area contributed by atoms with Crippen molar-refractivity contribution in [2.75, 3.05) is 98.5 Å². The van der Waals surface area contributed by atoms with Gasteiger partial charge in [0.05, 0.1) is 32.9 Å². The van der Waals surface area contributed by atoms with Gasteiger partial charge in [0.25, 0.3) is 0 Å². The molecule has 1 heterocycles. The van der Waals surface area contributed by atoms with Gasteiger partial charge in [-0.25, -0.2) is 0 Å². The number of aliphatic carboxylic acids is 4. The molecule has 262 valence electrons. The van der Waals surface area contributed by atoms with E-state index in [1.54, 1.807) is 43.9 Å². The summed E-state index contributed by atoms with van der Waals surface area (Å²) in [4.78, 5) is 54.2. The number of hydrogen-bond acceptors (Lipinski definition) is 11. The average Bonchev–Trinajstić information content (AvgIpc) is 2.98. The molecule has 15 nitrogen and oxygen atoms in total. The topological polar surface area (TPSA) is 190 Å². The van der Waals surface area contributed by atoms with Gasteiger partial charge < -0.3 is 34.6 Å². The second-order valence-corrected chi connectivity index (χ2v) is 10.8.